The quantitative estimate of drug-likeness (QED) is 0.274. The highest BCUT2D eigenvalue weighted by Gasteiger charge is 2.30. The lowest BCUT2D eigenvalue weighted by Crippen LogP contribution is -2.56. The number of nitrogens with one attached hydrogen (secondary N) is 3. The highest BCUT2D eigenvalue weighted by atomic mass is 35.5. The van der Waals surface area contributed by atoms with E-state index in [4.69, 9.17) is 11.6 Å². The van der Waals surface area contributed by atoms with Crippen LogP contribution in [0.1, 0.15) is 35.3 Å². The Bertz CT molecular complexity index is 1260. The first kappa shape index (κ1) is 29.6. The highest BCUT2D eigenvalue weighted by molar-refractivity contribution is 7.09. The van der Waals surface area contributed by atoms with Crippen molar-refractivity contribution in [1.29, 1.82) is 0 Å². The largest absolute Gasteiger partial charge is 0.368 e. The molecule has 3 aromatic rings. The Morgan fingerprint density at radius 1 is 1.02 bits per heavy atom. The number of thiophene rings is 1. The summed E-state index contributed by atoms with van der Waals surface area (Å²) in [5.41, 5.74) is 3.47. The maximum Gasteiger partial charge on any atom is 0.245 e. The molecule has 2 aromatic carbocycles. The molecule has 1 unspecified atom stereocenters. The van der Waals surface area contributed by atoms with E-state index < -0.39 is 6.04 Å². The molecule has 0 spiro atoms. The van der Waals surface area contributed by atoms with Gasteiger partial charge >= 0.3 is 0 Å². The summed E-state index contributed by atoms with van der Waals surface area (Å²) in [5, 5.41) is 12.8. The van der Waals surface area contributed by atoms with Gasteiger partial charge in [0, 0.05) is 73.7 Å². The predicted octanol–water partition coefficient (Wildman–Crippen LogP) is 4.25. The number of benzene rings is 2. The molecular formula is C32H40ClN5O2S. The number of carbonyl (C=O) groups is 2. The Morgan fingerprint density at radius 3 is 2.56 bits per heavy atom. The Kier molecular flexibility index (Phi) is 10.7. The Balaban J connectivity index is 1.18. The number of para-hydroxylation sites is 1. The fraction of sp³-hybridized carbons (Fsp3) is 0.438. The minimum Gasteiger partial charge on any atom is -0.368 e. The molecular weight excluding hydrogens is 554 g/mol. The van der Waals surface area contributed by atoms with Gasteiger partial charge in [-0.3, -0.25) is 9.59 Å². The summed E-state index contributed by atoms with van der Waals surface area (Å²) < 4.78 is 0. The predicted molar refractivity (Wildman–Crippen MR) is 168 cm³/mol. The zero-order valence-electron chi connectivity index (χ0n) is 23.5. The molecule has 2 amide bonds. The molecule has 7 nitrogen and oxygen atoms in total. The second-order valence-electron chi connectivity index (χ2n) is 10.9. The maximum absolute atomic E-state index is 13.8. The molecule has 2 atom stereocenters. The Morgan fingerprint density at radius 2 is 1.83 bits per heavy atom. The molecule has 41 heavy (non-hydrogen) atoms. The van der Waals surface area contributed by atoms with Crippen LogP contribution in [0.25, 0.3) is 0 Å². The van der Waals surface area contributed by atoms with Gasteiger partial charge < -0.3 is 25.8 Å². The van der Waals surface area contributed by atoms with Crippen molar-refractivity contribution in [1.82, 2.24) is 20.9 Å². The minimum atomic E-state index is -0.600. The number of hydrogen-bond acceptors (Lipinski definition) is 6. The van der Waals surface area contributed by atoms with Gasteiger partial charge in [-0.1, -0.05) is 48.0 Å². The van der Waals surface area contributed by atoms with Crippen molar-refractivity contribution in [2.75, 3.05) is 44.2 Å². The van der Waals surface area contributed by atoms with E-state index in [9.17, 15) is 9.59 Å². The fourth-order valence-electron chi connectivity index (χ4n) is 5.71. The van der Waals surface area contributed by atoms with Crippen molar-refractivity contribution in [2.45, 2.75) is 50.7 Å². The average molecular weight is 594 g/mol. The number of hydrogen-bond donors (Lipinski definition) is 3. The van der Waals surface area contributed by atoms with E-state index in [1.807, 2.05) is 29.2 Å². The van der Waals surface area contributed by atoms with Crippen LogP contribution in [0, 0.1) is 0 Å². The number of rotatable bonds is 12. The van der Waals surface area contributed by atoms with Crippen molar-refractivity contribution in [3.8, 4) is 0 Å². The summed E-state index contributed by atoms with van der Waals surface area (Å²) in [5.74, 6) is -0.0910. The van der Waals surface area contributed by atoms with Crippen LogP contribution in [0.2, 0.25) is 5.02 Å². The molecule has 1 aromatic heterocycles. The molecule has 5 rings (SSSR count). The third-order valence-corrected chi connectivity index (χ3v) is 9.14. The van der Waals surface area contributed by atoms with Crippen molar-refractivity contribution >= 4 is 40.4 Å². The van der Waals surface area contributed by atoms with Crippen LogP contribution in [0.3, 0.4) is 0 Å². The van der Waals surface area contributed by atoms with Crippen molar-refractivity contribution in [3.05, 3.63) is 87.1 Å². The van der Waals surface area contributed by atoms with E-state index in [1.54, 1.807) is 11.3 Å². The van der Waals surface area contributed by atoms with Gasteiger partial charge in [-0.2, -0.15) is 0 Å². The number of carbonyl (C=O) groups excluding carboxylic acids is 2. The summed E-state index contributed by atoms with van der Waals surface area (Å²) in [7, 11) is 0. The summed E-state index contributed by atoms with van der Waals surface area (Å²) in [6.07, 6.45) is 3.96. The van der Waals surface area contributed by atoms with Gasteiger partial charge in [0.25, 0.3) is 0 Å². The van der Waals surface area contributed by atoms with Crippen LogP contribution in [0.4, 0.5) is 5.69 Å². The summed E-state index contributed by atoms with van der Waals surface area (Å²) >= 11 is 7.88. The van der Waals surface area contributed by atoms with Gasteiger partial charge in [0.15, 0.2) is 0 Å². The molecule has 2 aliphatic rings. The van der Waals surface area contributed by atoms with Crippen LogP contribution in [0.5, 0.6) is 0 Å². The number of amides is 2. The zero-order chi connectivity index (χ0) is 28.4. The first-order chi connectivity index (χ1) is 20.0. The van der Waals surface area contributed by atoms with Gasteiger partial charge in [0.1, 0.15) is 6.04 Å². The molecule has 9 heteroatoms. The van der Waals surface area contributed by atoms with Crippen LogP contribution >= 0.6 is 22.9 Å². The molecule has 0 saturated carbocycles. The molecule has 0 radical (unpaired) electrons. The molecule has 0 bridgehead atoms. The number of piperazine rings is 1. The van der Waals surface area contributed by atoms with Gasteiger partial charge in [-0.05, 0) is 66.6 Å². The van der Waals surface area contributed by atoms with Crippen LogP contribution in [0.15, 0.2) is 66.0 Å². The van der Waals surface area contributed by atoms with E-state index in [-0.39, 0.29) is 17.9 Å². The van der Waals surface area contributed by atoms with Gasteiger partial charge in [-0.15, -0.1) is 11.3 Å². The SMILES string of the molecule is O=C(CC1CCCN1)N[C@H](Cc1ccc(Cl)cc1)C(=O)N1CCN(c2ccccc2CNCCc2cccs2)CC1. The first-order valence-corrected chi connectivity index (χ1v) is 15.9. The van der Waals surface area contributed by atoms with E-state index in [2.05, 4.69) is 62.6 Å². The minimum absolute atomic E-state index is 0.0177. The van der Waals surface area contributed by atoms with Gasteiger partial charge in [-0.25, -0.2) is 0 Å². The van der Waals surface area contributed by atoms with Crippen molar-refractivity contribution in [3.63, 3.8) is 0 Å². The molecule has 218 valence electrons. The summed E-state index contributed by atoms with van der Waals surface area (Å²) in [6.45, 7) is 5.45. The van der Waals surface area contributed by atoms with Crippen LogP contribution in [-0.4, -0.2) is 68.1 Å². The molecule has 3 heterocycles. The Hall–Kier alpha value is -2.91. The Labute approximate surface area is 252 Å². The molecule has 2 saturated heterocycles. The van der Waals surface area contributed by atoms with Gasteiger partial charge in [0.05, 0.1) is 0 Å². The number of nitrogens with zero attached hydrogens (tertiary/aromatic N) is 2. The monoisotopic (exact) mass is 593 g/mol. The van der Waals surface area contributed by atoms with E-state index in [1.165, 1.54) is 16.1 Å². The lowest BCUT2D eigenvalue weighted by Gasteiger charge is -2.38. The average Bonchev–Trinajstić information content (AvgIpc) is 3.71. The summed E-state index contributed by atoms with van der Waals surface area (Å²) in [4.78, 5) is 32.4. The van der Waals surface area contributed by atoms with E-state index >= 15 is 0 Å². The second kappa shape index (κ2) is 14.8. The lowest BCUT2D eigenvalue weighted by atomic mass is 10.0. The zero-order valence-corrected chi connectivity index (χ0v) is 25.1. The summed E-state index contributed by atoms with van der Waals surface area (Å²) in [6, 6.07) is 19.9. The topological polar surface area (TPSA) is 76.7 Å². The number of anilines is 1. The molecule has 2 aliphatic heterocycles. The number of halogens is 1. The third kappa shape index (κ3) is 8.55. The first-order valence-electron chi connectivity index (χ1n) is 14.7. The standard InChI is InChI=1S/C32H40ClN5O2S/c33-26-11-9-24(10-12-26)21-29(36-31(39)22-27-6-3-14-35-27)32(40)38-18-16-37(17-19-38)30-8-2-1-5-25(30)23-34-15-13-28-7-4-20-41-28/h1-2,4-5,7-12,20,27,29,34-35H,3,6,13-19,21-23H2,(H,36,39)/t27?,29-/m1/s1. The maximum atomic E-state index is 13.8. The lowest BCUT2D eigenvalue weighted by molar-refractivity contribution is -0.136. The van der Waals surface area contributed by atoms with Gasteiger partial charge in [0.2, 0.25) is 11.8 Å². The third-order valence-electron chi connectivity index (χ3n) is 7.95. The fourth-order valence-corrected chi connectivity index (χ4v) is 6.55. The van der Waals surface area contributed by atoms with E-state index in [0.717, 1.165) is 57.5 Å². The van der Waals surface area contributed by atoms with Crippen LogP contribution in [-0.2, 0) is 29.0 Å². The van der Waals surface area contributed by atoms with E-state index in [0.29, 0.717) is 31.0 Å². The molecule has 2 fully saturated rings. The normalized spacial score (nSPS) is 17.9. The molecule has 0 aliphatic carbocycles. The smallest absolute Gasteiger partial charge is 0.245 e. The van der Waals surface area contributed by atoms with Crippen LogP contribution < -0.4 is 20.9 Å². The second-order valence-corrected chi connectivity index (χ2v) is 12.4. The van der Waals surface area contributed by atoms with Crippen molar-refractivity contribution < 1.29 is 9.59 Å². The molecule has 3 N–H and O–H groups in total. The van der Waals surface area contributed by atoms with Crippen molar-refractivity contribution in [2.24, 2.45) is 0 Å². The highest BCUT2D eigenvalue weighted by Crippen LogP contribution is 2.23.